The topological polar surface area (TPSA) is 42.4 Å². The molecule has 110 valence electrons. The Morgan fingerprint density at radius 1 is 1.38 bits per heavy atom. The lowest BCUT2D eigenvalue weighted by Gasteiger charge is -2.31. The van der Waals surface area contributed by atoms with Crippen molar-refractivity contribution in [2.75, 3.05) is 13.1 Å². The van der Waals surface area contributed by atoms with Crippen LogP contribution in [0.15, 0.2) is 35.2 Å². The molecule has 3 heterocycles. The Kier molecular flexibility index (Phi) is 4.41. The van der Waals surface area contributed by atoms with Crippen molar-refractivity contribution in [3.8, 4) is 5.88 Å². The maximum Gasteiger partial charge on any atom is 0.254 e. The van der Waals surface area contributed by atoms with Crippen LogP contribution in [0.1, 0.15) is 23.2 Å². The Bertz CT molecular complexity index is 610. The molecule has 2 aromatic rings. The van der Waals surface area contributed by atoms with Crippen molar-refractivity contribution in [2.45, 2.75) is 18.9 Å². The molecule has 0 N–H and O–H groups in total. The average molecular weight is 323 g/mol. The molecule has 4 nitrogen and oxygen atoms in total. The van der Waals surface area contributed by atoms with Gasteiger partial charge in [-0.15, -0.1) is 0 Å². The highest BCUT2D eigenvalue weighted by Crippen LogP contribution is 2.24. The van der Waals surface area contributed by atoms with Gasteiger partial charge in [-0.2, -0.15) is 11.3 Å². The van der Waals surface area contributed by atoms with Crippen LogP contribution < -0.4 is 4.74 Å². The first-order chi connectivity index (χ1) is 10.2. The molecule has 1 fully saturated rings. The molecule has 2 aromatic heterocycles. The Hall–Kier alpha value is -1.59. The van der Waals surface area contributed by atoms with Crippen molar-refractivity contribution in [3.05, 3.63) is 45.7 Å². The van der Waals surface area contributed by atoms with Gasteiger partial charge in [0.25, 0.3) is 5.91 Å². The van der Waals surface area contributed by atoms with Crippen LogP contribution in [0.3, 0.4) is 0 Å². The normalized spacial score (nSPS) is 16.0. The highest BCUT2D eigenvalue weighted by Gasteiger charge is 2.25. The van der Waals surface area contributed by atoms with Gasteiger partial charge in [0, 0.05) is 37.5 Å². The van der Waals surface area contributed by atoms with Gasteiger partial charge in [-0.3, -0.25) is 4.79 Å². The van der Waals surface area contributed by atoms with Crippen LogP contribution in [-0.4, -0.2) is 35.0 Å². The lowest BCUT2D eigenvalue weighted by molar-refractivity contribution is 0.0588. The van der Waals surface area contributed by atoms with E-state index in [2.05, 4.69) is 4.98 Å². The molecule has 1 aliphatic heterocycles. The minimum atomic E-state index is 0.0592. The zero-order chi connectivity index (χ0) is 14.7. The summed E-state index contributed by atoms with van der Waals surface area (Å²) in [6.45, 7) is 1.40. The fourth-order valence-corrected chi connectivity index (χ4v) is 3.16. The zero-order valence-electron chi connectivity index (χ0n) is 11.4. The van der Waals surface area contributed by atoms with Gasteiger partial charge >= 0.3 is 0 Å². The number of likely N-dealkylation sites (tertiary alicyclic amines) is 1. The van der Waals surface area contributed by atoms with Gasteiger partial charge < -0.3 is 9.64 Å². The van der Waals surface area contributed by atoms with Crippen LogP contribution in [0.2, 0.25) is 5.02 Å². The third-order valence-corrected chi connectivity index (χ3v) is 4.47. The minimum Gasteiger partial charge on any atom is -0.473 e. The molecular formula is C15H15ClN2O2S. The van der Waals surface area contributed by atoms with Gasteiger partial charge in [-0.1, -0.05) is 11.6 Å². The number of carbonyl (C=O) groups is 1. The van der Waals surface area contributed by atoms with Crippen molar-refractivity contribution in [2.24, 2.45) is 0 Å². The fraction of sp³-hybridized carbons (Fsp3) is 0.333. The van der Waals surface area contributed by atoms with E-state index >= 15 is 0 Å². The summed E-state index contributed by atoms with van der Waals surface area (Å²) in [5, 5.41) is 4.33. The van der Waals surface area contributed by atoms with Gasteiger partial charge in [0.15, 0.2) is 0 Å². The maximum atomic E-state index is 12.2. The predicted octanol–water partition coefficient (Wildman–Crippen LogP) is 3.48. The van der Waals surface area contributed by atoms with Gasteiger partial charge in [-0.25, -0.2) is 4.98 Å². The van der Waals surface area contributed by atoms with E-state index in [-0.39, 0.29) is 12.0 Å². The van der Waals surface area contributed by atoms with Crippen LogP contribution >= 0.6 is 22.9 Å². The second kappa shape index (κ2) is 6.45. The van der Waals surface area contributed by atoms with Crippen molar-refractivity contribution in [3.63, 3.8) is 0 Å². The molecule has 1 saturated heterocycles. The Balaban J connectivity index is 1.56. The Labute approximate surface area is 132 Å². The van der Waals surface area contributed by atoms with Crippen LogP contribution in [0, 0.1) is 0 Å². The molecular weight excluding hydrogens is 308 g/mol. The largest absolute Gasteiger partial charge is 0.473 e. The summed E-state index contributed by atoms with van der Waals surface area (Å²) in [7, 11) is 0. The number of hydrogen-bond donors (Lipinski definition) is 0. The molecule has 21 heavy (non-hydrogen) atoms. The lowest BCUT2D eigenvalue weighted by Crippen LogP contribution is -2.41. The van der Waals surface area contributed by atoms with E-state index in [1.165, 1.54) is 0 Å². The molecule has 0 radical (unpaired) electrons. The highest BCUT2D eigenvalue weighted by atomic mass is 35.5. The number of amides is 1. The average Bonchev–Trinajstić information content (AvgIpc) is 3.04. The van der Waals surface area contributed by atoms with Crippen molar-refractivity contribution in [1.29, 1.82) is 0 Å². The molecule has 0 spiro atoms. The summed E-state index contributed by atoms with van der Waals surface area (Å²) in [6, 6.07) is 5.40. The summed E-state index contributed by atoms with van der Waals surface area (Å²) in [5.74, 6) is 0.576. The second-order valence-corrected chi connectivity index (χ2v) is 6.10. The summed E-state index contributed by atoms with van der Waals surface area (Å²) >= 11 is 7.58. The number of piperidine rings is 1. The molecule has 3 rings (SSSR count). The summed E-state index contributed by atoms with van der Waals surface area (Å²) in [6.07, 6.45) is 3.31. The van der Waals surface area contributed by atoms with E-state index in [9.17, 15) is 4.79 Å². The number of rotatable bonds is 3. The molecule has 1 aliphatic rings. The minimum absolute atomic E-state index is 0.0592. The van der Waals surface area contributed by atoms with Gasteiger partial charge in [-0.05, 0) is 23.6 Å². The van der Waals surface area contributed by atoms with E-state index in [1.54, 1.807) is 29.7 Å². The van der Waals surface area contributed by atoms with E-state index < -0.39 is 0 Å². The molecule has 0 bridgehead atoms. The Morgan fingerprint density at radius 3 is 2.86 bits per heavy atom. The van der Waals surface area contributed by atoms with E-state index in [1.807, 2.05) is 21.7 Å². The monoisotopic (exact) mass is 322 g/mol. The quantitative estimate of drug-likeness (QED) is 0.869. The van der Waals surface area contributed by atoms with Crippen molar-refractivity contribution >= 4 is 28.8 Å². The number of pyridine rings is 1. The van der Waals surface area contributed by atoms with Gasteiger partial charge in [0.2, 0.25) is 5.88 Å². The van der Waals surface area contributed by atoms with Gasteiger partial charge in [0.1, 0.15) is 11.1 Å². The SMILES string of the molecule is O=C(c1ccsc1)N1CCC(Oc2ncccc2Cl)CC1. The van der Waals surface area contributed by atoms with Gasteiger partial charge in [0.05, 0.1) is 5.56 Å². The maximum absolute atomic E-state index is 12.2. The number of carbonyl (C=O) groups excluding carboxylic acids is 1. The molecule has 1 amide bonds. The van der Waals surface area contributed by atoms with E-state index in [4.69, 9.17) is 16.3 Å². The number of thiophene rings is 1. The van der Waals surface area contributed by atoms with Crippen LogP contribution in [-0.2, 0) is 0 Å². The second-order valence-electron chi connectivity index (χ2n) is 4.91. The zero-order valence-corrected chi connectivity index (χ0v) is 12.9. The number of halogens is 1. The molecule has 0 saturated carbocycles. The third kappa shape index (κ3) is 3.36. The predicted molar refractivity (Wildman–Crippen MR) is 83.1 cm³/mol. The third-order valence-electron chi connectivity index (χ3n) is 3.50. The molecule has 0 aliphatic carbocycles. The van der Waals surface area contributed by atoms with Crippen molar-refractivity contribution < 1.29 is 9.53 Å². The van der Waals surface area contributed by atoms with Crippen LogP contribution in [0.5, 0.6) is 5.88 Å². The first kappa shape index (κ1) is 14.4. The van der Waals surface area contributed by atoms with Crippen molar-refractivity contribution in [1.82, 2.24) is 9.88 Å². The lowest BCUT2D eigenvalue weighted by atomic mass is 10.1. The number of nitrogens with zero attached hydrogens (tertiary/aromatic N) is 2. The number of hydrogen-bond acceptors (Lipinski definition) is 4. The summed E-state index contributed by atoms with van der Waals surface area (Å²) in [5.41, 5.74) is 0.770. The first-order valence-electron chi connectivity index (χ1n) is 6.82. The van der Waals surface area contributed by atoms with E-state index in [0.717, 1.165) is 18.4 Å². The van der Waals surface area contributed by atoms with Crippen LogP contribution in [0.25, 0.3) is 0 Å². The first-order valence-corrected chi connectivity index (χ1v) is 8.15. The molecule has 6 heteroatoms. The molecule has 0 atom stereocenters. The summed E-state index contributed by atoms with van der Waals surface area (Å²) < 4.78 is 5.83. The molecule has 0 aromatic carbocycles. The highest BCUT2D eigenvalue weighted by molar-refractivity contribution is 7.08. The number of aromatic nitrogens is 1. The van der Waals surface area contributed by atoms with Crippen LogP contribution in [0.4, 0.5) is 0 Å². The standard InChI is InChI=1S/C15H15ClN2O2S/c16-13-2-1-6-17-14(13)20-12-3-7-18(8-4-12)15(19)11-5-9-21-10-11/h1-2,5-6,9-10,12H,3-4,7-8H2. The summed E-state index contributed by atoms with van der Waals surface area (Å²) in [4.78, 5) is 18.2. The number of ether oxygens (including phenoxy) is 1. The van der Waals surface area contributed by atoms with E-state index in [0.29, 0.717) is 24.0 Å². The smallest absolute Gasteiger partial charge is 0.254 e. The Morgan fingerprint density at radius 2 is 2.19 bits per heavy atom. The molecule has 0 unspecified atom stereocenters. The fourth-order valence-electron chi connectivity index (χ4n) is 2.36.